The number of anilines is 1. The fourth-order valence-electron chi connectivity index (χ4n) is 3.70. The summed E-state index contributed by atoms with van der Waals surface area (Å²) in [5.41, 5.74) is 0.0485. The van der Waals surface area contributed by atoms with E-state index in [2.05, 4.69) is 9.88 Å². The van der Waals surface area contributed by atoms with Gasteiger partial charge in [-0.25, -0.2) is 9.97 Å². The summed E-state index contributed by atoms with van der Waals surface area (Å²) in [4.78, 5) is 25.9. The van der Waals surface area contributed by atoms with Crippen LogP contribution in [0.3, 0.4) is 0 Å². The molecule has 30 heavy (non-hydrogen) atoms. The van der Waals surface area contributed by atoms with Gasteiger partial charge < -0.3 is 20.0 Å². The van der Waals surface area contributed by atoms with Crippen LogP contribution in [0.1, 0.15) is 21.7 Å². The van der Waals surface area contributed by atoms with Gasteiger partial charge in [0.2, 0.25) is 0 Å². The predicted molar refractivity (Wildman–Crippen MR) is 118 cm³/mol. The molecule has 1 aliphatic heterocycles. The van der Waals surface area contributed by atoms with Crippen molar-refractivity contribution in [2.45, 2.75) is 25.9 Å². The van der Waals surface area contributed by atoms with Gasteiger partial charge in [0.05, 0.1) is 11.1 Å². The van der Waals surface area contributed by atoms with Crippen molar-refractivity contribution >= 4 is 22.6 Å². The number of hydrogen-bond donors (Lipinski definition) is 2. The van der Waals surface area contributed by atoms with Crippen molar-refractivity contribution in [1.82, 2.24) is 14.9 Å². The molecule has 0 saturated carbocycles. The van der Waals surface area contributed by atoms with Crippen LogP contribution in [0.25, 0.3) is 22.3 Å². The number of fused-ring (bicyclic) bond motifs is 1. The molecule has 0 bridgehead atoms. The van der Waals surface area contributed by atoms with E-state index in [1.54, 1.807) is 30.0 Å². The maximum absolute atomic E-state index is 12.6. The molecule has 0 aliphatic carbocycles. The number of benzene rings is 2. The Morgan fingerprint density at radius 2 is 1.73 bits per heavy atom. The molecule has 1 aliphatic rings. The summed E-state index contributed by atoms with van der Waals surface area (Å²) < 4.78 is 0. The number of hydrogen-bond acceptors (Lipinski definition) is 6. The Balaban J connectivity index is 0.00000272. The third-order valence-corrected chi connectivity index (χ3v) is 5.74. The minimum Gasteiger partial charge on any atom is -0.507 e. The molecule has 2 aromatic carbocycles. The number of phenolic OH excluding ortho intramolecular Hbond substituents is 1. The first kappa shape index (κ1) is 20.1. The molecule has 1 aromatic heterocycles. The first-order valence-electron chi connectivity index (χ1n) is 10.2. The third kappa shape index (κ3) is 3.68. The van der Waals surface area contributed by atoms with E-state index in [1.165, 1.54) is 0 Å². The van der Waals surface area contributed by atoms with Gasteiger partial charge in [0.15, 0.2) is 5.82 Å². The topological polar surface area (TPSA) is 89.8 Å². The smallest absolute Gasteiger partial charge is 0.254 e. The van der Waals surface area contributed by atoms with Crippen LogP contribution in [0.4, 0.5) is 5.82 Å². The lowest BCUT2D eigenvalue weighted by atomic mass is 10.0. The number of piperazine rings is 1. The van der Waals surface area contributed by atoms with E-state index in [1.807, 2.05) is 37.3 Å². The normalized spacial score (nSPS) is 16.5. The molecule has 1 fully saturated rings. The van der Waals surface area contributed by atoms with Crippen LogP contribution in [0.15, 0.2) is 48.5 Å². The monoisotopic (exact) mass is 408 g/mol. The van der Waals surface area contributed by atoms with Crippen LogP contribution < -0.4 is 4.90 Å². The molecule has 7 nitrogen and oxygen atoms in total. The predicted octanol–water partition coefficient (Wildman–Crippen LogP) is 3.06. The summed E-state index contributed by atoms with van der Waals surface area (Å²) in [7, 11) is 0. The molecule has 7 heteroatoms. The van der Waals surface area contributed by atoms with Crippen molar-refractivity contribution in [1.29, 1.82) is 0 Å². The maximum Gasteiger partial charge on any atom is 0.254 e. The number of para-hydroxylation sites is 2. The van der Waals surface area contributed by atoms with Crippen molar-refractivity contribution in [3.05, 3.63) is 48.5 Å². The number of aromatic hydroxyl groups is 1. The average molecular weight is 409 g/mol. The molecule has 1 amide bonds. The van der Waals surface area contributed by atoms with Gasteiger partial charge in [-0.1, -0.05) is 31.2 Å². The number of nitrogens with zero attached hydrogens (tertiary/aromatic N) is 4. The Labute approximate surface area is 177 Å². The Bertz CT molecular complexity index is 1080. The number of phenols is 1. The number of amides is 1. The van der Waals surface area contributed by atoms with Gasteiger partial charge in [0, 0.05) is 33.0 Å². The summed E-state index contributed by atoms with van der Waals surface area (Å²) in [6, 6.07) is 14.8. The SMILES string of the molecule is CCC(C)(O)C(=O)N1CCN(c2nc(-c3ccccc3O)nc3ccccc23)CC1.[HH]. The van der Waals surface area contributed by atoms with Crippen LogP contribution in [-0.2, 0) is 4.79 Å². The summed E-state index contributed by atoms with van der Waals surface area (Å²) in [5, 5.41) is 21.5. The fourth-order valence-corrected chi connectivity index (χ4v) is 3.70. The van der Waals surface area contributed by atoms with Crippen molar-refractivity contribution < 1.29 is 16.4 Å². The first-order chi connectivity index (χ1) is 14.4. The Hall–Kier alpha value is -3.19. The van der Waals surface area contributed by atoms with Gasteiger partial charge in [0.25, 0.3) is 5.91 Å². The molecule has 158 valence electrons. The van der Waals surface area contributed by atoms with Crippen LogP contribution in [-0.4, -0.2) is 62.8 Å². The zero-order valence-corrected chi connectivity index (χ0v) is 17.2. The second kappa shape index (κ2) is 7.91. The van der Waals surface area contributed by atoms with E-state index >= 15 is 0 Å². The first-order valence-corrected chi connectivity index (χ1v) is 10.2. The van der Waals surface area contributed by atoms with E-state index in [9.17, 15) is 15.0 Å². The molecule has 2 heterocycles. The summed E-state index contributed by atoms with van der Waals surface area (Å²) >= 11 is 0. The molecular formula is C23H28N4O3. The highest BCUT2D eigenvalue weighted by Gasteiger charge is 2.34. The maximum atomic E-state index is 12.6. The minimum atomic E-state index is -1.33. The zero-order chi connectivity index (χ0) is 21.3. The molecule has 2 N–H and O–H groups in total. The van der Waals surface area contributed by atoms with Crippen molar-refractivity contribution in [2.75, 3.05) is 31.1 Å². The molecule has 3 aromatic rings. The van der Waals surface area contributed by atoms with E-state index in [0.717, 1.165) is 16.7 Å². The van der Waals surface area contributed by atoms with Crippen molar-refractivity contribution in [2.24, 2.45) is 0 Å². The number of carbonyl (C=O) groups is 1. The van der Waals surface area contributed by atoms with E-state index in [-0.39, 0.29) is 13.1 Å². The second-order valence-corrected chi connectivity index (χ2v) is 7.81. The van der Waals surface area contributed by atoms with Gasteiger partial charge in [-0.2, -0.15) is 0 Å². The van der Waals surface area contributed by atoms with Gasteiger partial charge >= 0.3 is 0 Å². The fraction of sp³-hybridized carbons (Fsp3) is 0.348. The number of carbonyl (C=O) groups excluding carboxylic acids is 1. The van der Waals surface area contributed by atoms with E-state index < -0.39 is 5.60 Å². The van der Waals surface area contributed by atoms with Crippen LogP contribution in [0.5, 0.6) is 5.75 Å². The van der Waals surface area contributed by atoms with Crippen molar-refractivity contribution in [3.8, 4) is 17.1 Å². The summed E-state index contributed by atoms with van der Waals surface area (Å²) in [6.45, 7) is 5.61. The van der Waals surface area contributed by atoms with Gasteiger partial charge in [-0.05, 0) is 37.6 Å². The lowest BCUT2D eigenvalue weighted by molar-refractivity contribution is -0.150. The lowest BCUT2D eigenvalue weighted by Gasteiger charge is -2.38. The average Bonchev–Trinajstić information content (AvgIpc) is 2.78. The molecule has 1 unspecified atom stereocenters. The van der Waals surface area contributed by atoms with Crippen molar-refractivity contribution in [3.63, 3.8) is 0 Å². The third-order valence-electron chi connectivity index (χ3n) is 5.74. The largest absolute Gasteiger partial charge is 0.507 e. The zero-order valence-electron chi connectivity index (χ0n) is 17.2. The molecule has 4 rings (SSSR count). The van der Waals surface area contributed by atoms with Crippen LogP contribution >= 0.6 is 0 Å². The number of rotatable bonds is 4. The summed E-state index contributed by atoms with van der Waals surface area (Å²) in [5.74, 6) is 1.16. The van der Waals surface area contributed by atoms with E-state index in [4.69, 9.17) is 4.98 Å². The Morgan fingerprint density at radius 1 is 1.07 bits per heavy atom. The van der Waals surface area contributed by atoms with Gasteiger partial charge in [-0.15, -0.1) is 0 Å². The van der Waals surface area contributed by atoms with Crippen LogP contribution in [0, 0.1) is 0 Å². The molecule has 1 saturated heterocycles. The highest BCUT2D eigenvalue weighted by molar-refractivity contribution is 5.91. The highest BCUT2D eigenvalue weighted by Crippen LogP contribution is 2.32. The molecular weight excluding hydrogens is 380 g/mol. The highest BCUT2D eigenvalue weighted by atomic mass is 16.3. The lowest BCUT2D eigenvalue weighted by Crippen LogP contribution is -2.55. The summed E-state index contributed by atoms with van der Waals surface area (Å²) in [6.07, 6.45) is 0.381. The number of aromatic nitrogens is 2. The number of aliphatic hydroxyl groups is 1. The standard InChI is InChI=1S/C23H26N4O3.H2/c1-3-23(2,30)22(29)27-14-12-26(13-15-27)21-16-8-4-6-10-18(16)24-20(25-21)17-9-5-7-11-19(17)28;/h4-11,28,30H,3,12-15H2,1-2H3;1H. The second-order valence-electron chi connectivity index (χ2n) is 7.81. The van der Waals surface area contributed by atoms with Crippen LogP contribution in [0.2, 0.25) is 0 Å². The minimum absolute atomic E-state index is 0. The molecule has 0 spiro atoms. The molecule has 1 atom stereocenters. The van der Waals surface area contributed by atoms with Gasteiger partial charge in [0.1, 0.15) is 17.2 Å². The quantitative estimate of drug-likeness (QED) is 0.690. The Morgan fingerprint density at radius 3 is 2.43 bits per heavy atom. The van der Waals surface area contributed by atoms with E-state index in [0.29, 0.717) is 44.0 Å². The Kier molecular flexibility index (Phi) is 5.30. The van der Waals surface area contributed by atoms with Gasteiger partial charge in [-0.3, -0.25) is 4.79 Å². The molecule has 0 radical (unpaired) electrons.